The van der Waals surface area contributed by atoms with E-state index < -0.39 is 32.8 Å². The summed E-state index contributed by atoms with van der Waals surface area (Å²) in [6.07, 6.45) is 9.13. The zero-order valence-corrected chi connectivity index (χ0v) is 27.5. The van der Waals surface area contributed by atoms with Crippen molar-refractivity contribution < 1.29 is 21.8 Å². The lowest BCUT2D eigenvalue weighted by atomic mass is 10.0. The molecule has 44 heavy (non-hydrogen) atoms. The molecule has 0 aliphatic heterocycles. The Morgan fingerprint density at radius 1 is 1.11 bits per heavy atom. The molecule has 0 radical (unpaired) electrons. The number of benzene rings is 2. The van der Waals surface area contributed by atoms with Crippen LogP contribution >= 0.6 is 0 Å². The maximum atomic E-state index is 13.7. The highest BCUT2D eigenvalue weighted by molar-refractivity contribution is 7.90. The molecule has 4 aromatic rings. The Kier molecular flexibility index (Phi) is 11.8. The third kappa shape index (κ3) is 7.51. The van der Waals surface area contributed by atoms with E-state index in [4.69, 9.17) is 0 Å². The summed E-state index contributed by atoms with van der Waals surface area (Å²) in [4.78, 5) is 14.1. The van der Waals surface area contributed by atoms with E-state index in [1.54, 1.807) is 54.1 Å². The second kappa shape index (κ2) is 15.1. The molecule has 0 saturated carbocycles. The SMILES string of the molecule is C=Cc1c(/C(=C\C)C(=O)N[C@H](CC)c2cc(S(C)=O)cn2S(=O)(=O)c2ccc(C)cc2)cnn1-c1ccc(F)cc1.CCC. The molecule has 2 aromatic heterocycles. The minimum atomic E-state index is -4.05. The zero-order valence-electron chi connectivity index (χ0n) is 25.9. The van der Waals surface area contributed by atoms with E-state index in [9.17, 15) is 21.8 Å². The van der Waals surface area contributed by atoms with Gasteiger partial charge in [0.15, 0.2) is 0 Å². The van der Waals surface area contributed by atoms with Gasteiger partial charge in [0.25, 0.3) is 15.9 Å². The molecule has 0 saturated heterocycles. The Balaban J connectivity index is 0.00000169. The van der Waals surface area contributed by atoms with E-state index in [0.29, 0.717) is 33.8 Å². The molecule has 0 spiro atoms. The Labute approximate surface area is 261 Å². The smallest absolute Gasteiger partial charge is 0.267 e. The molecule has 2 heterocycles. The molecule has 0 aliphatic rings. The van der Waals surface area contributed by atoms with E-state index in [1.165, 1.54) is 49.3 Å². The lowest BCUT2D eigenvalue weighted by Gasteiger charge is -2.21. The van der Waals surface area contributed by atoms with Gasteiger partial charge in [-0.3, -0.25) is 9.00 Å². The van der Waals surface area contributed by atoms with Crippen molar-refractivity contribution in [3.05, 3.63) is 108 Å². The average Bonchev–Trinajstić information content (AvgIpc) is 3.63. The second-order valence-corrected chi connectivity index (χ2v) is 13.2. The van der Waals surface area contributed by atoms with Crippen LogP contribution in [0.5, 0.6) is 0 Å². The molecule has 234 valence electrons. The topological polar surface area (TPSA) is 103 Å². The van der Waals surface area contributed by atoms with Crippen LogP contribution in [0.1, 0.15) is 69.1 Å². The third-order valence-electron chi connectivity index (χ3n) is 6.66. The molecule has 1 amide bonds. The van der Waals surface area contributed by atoms with Crippen molar-refractivity contribution in [2.75, 3.05) is 6.26 Å². The van der Waals surface area contributed by atoms with Gasteiger partial charge in [0.2, 0.25) is 0 Å². The number of aromatic nitrogens is 3. The molecule has 8 nitrogen and oxygen atoms in total. The normalized spacial score (nSPS) is 13.0. The number of hydrogen-bond donors (Lipinski definition) is 1. The van der Waals surface area contributed by atoms with E-state index in [-0.39, 0.29) is 16.4 Å². The number of nitrogens with one attached hydrogen (secondary N) is 1. The fourth-order valence-electron chi connectivity index (χ4n) is 4.46. The number of rotatable bonds is 10. The van der Waals surface area contributed by atoms with Gasteiger partial charge in [0.05, 0.1) is 49.9 Å². The van der Waals surface area contributed by atoms with E-state index in [2.05, 4.69) is 30.8 Å². The number of halogens is 1. The van der Waals surface area contributed by atoms with Crippen LogP contribution < -0.4 is 5.32 Å². The van der Waals surface area contributed by atoms with Crippen LogP contribution in [-0.4, -0.2) is 38.5 Å². The van der Waals surface area contributed by atoms with Crippen molar-refractivity contribution in [1.82, 2.24) is 19.1 Å². The molecule has 1 N–H and O–H groups in total. The summed E-state index contributed by atoms with van der Waals surface area (Å²) in [5.41, 5.74) is 3.11. The minimum absolute atomic E-state index is 0.0764. The van der Waals surface area contributed by atoms with Gasteiger partial charge in [0.1, 0.15) is 5.82 Å². The maximum Gasteiger partial charge on any atom is 0.267 e. The molecule has 11 heteroatoms. The standard InChI is InChI=1S/C30H31FN4O4S2.C3H8/c1-6-25(26-18-32-35(28(26)8-3)22-13-11-21(31)12-14-22)30(36)33-27(7-2)29-17-23(40(5)37)19-34(29)41(38,39)24-15-9-20(4)10-16-24;1-3-2/h6,8-19,27H,3,7H2,1-2,4-5H3,(H,33,36);3H2,1-2H3/b25-6+;/t27-,40?;/m1./s1. The van der Waals surface area contributed by atoms with E-state index in [1.807, 2.05) is 13.8 Å². The summed E-state index contributed by atoms with van der Waals surface area (Å²) >= 11 is 0. The predicted molar refractivity (Wildman–Crippen MR) is 175 cm³/mol. The molecule has 0 bridgehead atoms. The van der Waals surface area contributed by atoms with Crippen molar-refractivity contribution in [2.45, 2.75) is 63.3 Å². The van der Waals surface area contributed by atoms with Gasteiger partial charge >= 0.3 is 0 Å². The zero-order chi connectivity index (χ0) is 32.6. The highest BCUT2D eigenvalue weighted by atomic mass is 32.2. The van der Waals surface area contributed by atoms with Gasteiger partial charge in [-0.25, -0.2) is 21.5 Å². The minimum Gasteiger partial charge on any atom is -0.344 e. The van der Waals surface area contributed by atoms with Crippen molar-refractivity contribution >= 4 is 38.4 Å². The van der Waals surface area contributed by atoms with Crippen molar-refractivity contribution in [3.8, 4) is 5.69 Å². The van der Waals surface area contributed by atoms with E-state index in [0.717, 1.165) is 9.54 Å². The van der Waals surface area contributed by atoms with Crippen LogP contribution in [0.15, 0.2) is 89.4 Å². The highest BCUT2D eigenvalue weighted by Gasteiger charge is 2.28. The van der Waals surface area contributed by atoms with Gasteiger partial charge in [-0.15, -0.1) is 0 Å². The second-order valence-electron chi connectivity index (χ2n) is 10.0. The Bertz CT molecular complexity index is 1770. The van der Waals surface area contributed by atoms with Crippen LogP contribution in [0.2, 0.25) is 0 Å². The number of aryl methyl sites for hydroxylation is 1. The van der Waals surface area contributed by atoms with Gasteiger partial charge < -0.3 is 5.32 Å². The summed E-state index contributed by atoms with van der Waals surface area (Å²) in [5.74, 6) is -0.842. The van der Waals surface area contributed by atoms with Gasteiger partial charge in [-0.1, -0.05) is 57.5 Å². The number of amides is 1. The van der Waals surface area contributed by atoms with Crippen molar-refractivity contribution in [3.63, 3.8) is 0 Å². The quantitative estimate of drug-likeness (QED) is 0.192. The Morgan fingerprint density at radius 2 is 1.73 bits per heavy atom. The van der Waals surface area contributed by atoms with Crippen LogP contribution in [0.4, 0.5) is 4.39 Å². The molecular weight excluding hydrogens is 600 g/mol. The van der Waals surface area contributed by atoms with Gasteiger partial charge in [-0.2, -0.15) is 5.10 Å². The first kappa shape index (κ1) is 34.4. The monoisotopic (exact) mass is 638 g/mol. The third-order valence-corrected chi connectivity index (χ3v) is 9.25. The molecular formula is C33H39FN4O4S2. The number of carbonyl (C=O) groups excluding carboxylic acids is 1. The first-order chi connectivity index (χ1) is 20.9. The first-order valence-corrected chi connectivity index (χ1v) is 17.2. The molecule has 2 aromatic carbocycles. The fraction of sp³-hybridized carbons (Fsp3) is 0.273. The largest absolute Gasteiger partial charge is 0.344 e. The van der Waals surface area contributed by atoms with E-state index >= 15 is 0 Å². The molecule has 4 rings (SSSR count). The number of carbonyl (C=O) groups is 1. The number of hydrogen-bond acceptors (Lipinski definition) is 5. The molecule has 0 fully saturated rings. The van der Waals surface area contributed by atoms with Crippen LogP contribution in [0.3, 0.4) is 0 Å². The predicted octanol–water partition coefficient (Wildman–Crippen LogP) is 6.83. The number of allylic oxidation sites excluding steroid dienone is 1. The van der Waals surface area contributed by atoms with Crippen LogP contribution in [0, 0.1) is 12.7 Å². The maximum absolute atomic E-state index is 13.7. The lowest BCUT2D eigenvalue weighted by molar-refractivity contribution is -0.116. The summed E-state index contributed by atoms with van der Waals surface area (Å²) < 4.78 is 55.8. The van der Waals surface area contributed by atoms with Crippen molar-refractivity contribution in [2.24, 2.45) is 0 Å². The van der Waals surface area contributed by atoms with Crippen molar-refractivity contribution in [1.29, 1.82) is 0 Å². The average molecular weight is 639 g/mol. The van der Waals surface area contributed by atoms with Crippen LogP contribution in [-0.2, 0) is 25.6 Å². The Morgan fingerprint density at radius 3 is 2.25 bits per heavy atom. The lowest BCUT2D eigenvalue weighted by Crippen LogP contribution is -2.31. The van der Waals surface area contributed by atoms with Crippen LogP contribution in [0.25, 0.3) is 17.3 Å². The fourth-order valence-corrected chi connectivity index (χ4v) is 6.48. The first-order valence-electron chi connectivity index (χ1n) is 14.2. The summed E-state index contributed by atoms with van der Waals surface area (Å²) in [7, 11) is -5.51. The van der Waals surface area contributed by atoms with Gasteiger partial charge in [-0.05, 0) is 68.8 Å². The molecule has 1 unspecified atom stereocenters. The summed E-state index contributed by atoms with van der Waals surface area (Å²) in [6.45, 7) is 13.5. The highest BCUT2D eigenvalue weighted by Crippen LogP contribution is 2.29. The number of nitrogens with zero attached hydrogens (tertiary/aromatic N) is 3. The summed E-state index contributed by atoms with van der Waals surface area (Å²) in [5, 5.41) is 7.34. The Hall–Kier alpha value is -4.09. The molecule has 2 atom stereocenters. The molecule has 0 aliphatic carbocycles. The van der Waals surface area contributed by atoms with Gasteiger partial charge in [0, 0.05) is 23.6 Å². The summed E-state index contributed by atoms with van der Waals surface area (Å²) in [6, 6.07) is 13.0.